The van der Waals surface area contributed by atoms with Gasteiger partial charge in [0.15, 0.2) is 5.65 Å². The van der Waals surface area contributed by atoms with Crippen LogP contribution in [0.25, 0.3) is 11.0 Å². The molecule has 3 N–H and O–H groups in total. The van der Waals surface area contributed by atoms with Crippen LogP contribution in [0.1, 0.15) is 22.4 Å². The minimum absolute atomic E-state index is 0.216. The van der Waals surface area contributed by atoms with Gasteiger partial charge in [-0.2, -0.15) is 0 Å². The van der Waals surface area contributed by atoms with E-state index in [-0.39, 0.29) is 18.7 Å². The largest absolute Gasteiger partial charge is 0.465 e. The van der Waals surface area contributed by atoms with Crippen LogP contribution in [0, 0.1) is 6.92 Å². The number of nitrogens with zero attached hydrogens (tertiary/aromatic N) is 3. The summed E-state index contributed by atoms with van der Waals surface area (Å²) in [5.41, 5.74) is 4.05. The van der Waals surface area contributed by atoms with Gasteiger partial charge >= 0.3 is 6.09 Å². The number of benzene rings is 2. The molecular weight excluding hydrogens is 422 g/mol. The molecule has 9 nitrogen and oxygen atoms in total. The molecule has 0 spiro atoms. The van der Waals surface area contributed by atoms with Crippen LogP contribution in [-0.2, 0) is 19.7 Å². The fourth-order valence-electron chi connectivity index (χ4n) is 3.49. The fourth-order valence-corrected chi connectivity index (χ4v) is 3.49. The van der Waals surface area contributed by atoms with Crippen molar-refractivity contribution in [3.8, 4) is 0 Å². The summed E-state index contributed by atoms with van der Waals surface area (Å²) in [6.07, 6.45) is 0.331. The van der Waals surface area contributed by atoms with E-state index in [1.165, 1.54) is 17.1 Å². The molecule has 0 aliphatic rings. The monoisotopic (exact) mass is 445 g/mol. The molecule has 4 aromatic rings. The van der Waals surface area contributed by atoms with E-state index in [1.807, 2.05) is 61.5 Å². The molecular formula is C24H23N5O4. The molecule has 0 radical (unpaired) electrons. The van der Waals surface area contributed by atoms with Crippen molar-refractivity contribution in [2.45, 2.75) is 26.6 Å². The molecule has 2 aromatic carbocycles. The minimum Gasteiger partial charge on any atom is -0.465 e. The van der Waals surface area contributed by atoms with E-state index in [0.29, 0.717) is 29.0 Å². The lowest BCUT2D eigenvalue weighted by Gasteiger charge is -2.16. The number of hydrogen-bond acceptors (Lipinski definition) is 6. The molecule has 2 aromatic heterocycles. The van der Waals surface area contributed by atoms with Crippen molar-refractivity contribution < 1.29 is 14.7 Å². The highest BCUT2D eigenvalue weighted by Gasteiger charge is 2.14. The highest BCUT2D eigenvalue weighted by Crippen LogP contribution is 2.23. The zero-order valence-electron chi connectivity index (χ0n) is 18.0. The van der Waals surface area contributed by atoms with E-state index in [1.54, 1.807) is 0 Å². The maximum absolute atomic E-state index is 12.9. The number of rotatable bonds is 8. The maximum atomic E-state index is 12.9. The fraction of sp³-hybridized carbons (Fsp3) is 0.167. The van der Waals surface area contributed by atoms with Crippen LogP contribution < -0.4 is 21.0 Å². The molecule has 9 heteroatoms. The third-order valence-corrected chi connectivity index (χ3v) is 5.07. The van der Waals surface area contributed by atoms with Gasteiger partial charge in [0.1, 0.15) is 12.9 Å². The van der Waals surface area contributed by atoms with Crippen LogP contribution in [0.15, 0.2) is 71.8 Å². The van der Waals surface area contributed by atoms with Crippen LogP contribution >= 0.6 is 0 Å². The highest BCUT2D eigenvalue weighted by molar-refractivity contribution is 5.90. The number of aromatic nitrogens is 3. The molecule has 168 valence electrons. The normalized spacial score (nSPS) is 10.7. The SMILES string of the molecule is Cc1ncnc2c1c(NCc1cccc(CNC(=O)O)c1)cc(=O)n2OCc1ccccc1. The van der Waals surface area contributed by atoms with Gasteiger partial charge in [0.2, 0.25) is 0 Å². The van der Waals surface area contributed by atoms with Gasteiger partial charge in [-0.1, -0.05) is 54.6 Å². The molecule has 0 saturated carbocycles. The van der Waals surface area contributed by atoms with Crippen molar-refractivity contribution in [1.29, 1.82) is 0 Å². The van der Waals surface area contributed by atoms with Crippen molar-refractivity contribution >= 4 is 22.8 Å². The summed E-state index contributed by atoms with van der Waals surface area (Å²) >= 11 is 0. The lowest BCUT2D eigenvalue weighted by molar-refractivity contribution is 0.0979. The van der Waals surface area contributed by atoms with Gasteiger partial charge in [0.25, 0.3) is 5.56 Å². The number of pyridine rings is 1. The Morgan fingerprint density at radius 3 is 2.48 bits per heavy atom. The number of amides is 1. The number of aryl methyl sites for hydroxylation is 1. The number of carbonyl (C=O) groups is 1. The quantitative estimate of drug-likeness (QED) is 0.381. The Labute approximate surface area is 189 Å². The average Bonchev–Trinajstić information content (AvgIpc) is 2.82. The Kier molecular flexibility index (Phi) is 6.49. The van der Waals surface area contributed by atoms with Crippen molar-refractivity contribution in [1.82, 2.24) is 20.0 Å². The Morgan fingerprint density at radius 2 is 1.73 bits per heavy atom. The van der Waals surface area contributed by atoms with Crippen LogP contribution in [0.2, 0.25) is 0 Å². The highest BCUT2D eigenvalue weighted by atomic mass is 16.7. The molecule has 0 fully saturated rings. The predicted molar refractivity (Wildman–Crippen MR) is 124 cm³/mol. The first-order valence-corrected chi connectivity index (χ1v) is 10.3. The van der Waals surface area contributed by atoms with Crippen molar-refractivity contribution in [2.24, 2.45) is 0 Å². The zero-order chi connectivity index (χ0) is 23.2. The summed E-state index contributed by atoms with van der Waals surface area (Å²) in [5.74, 6) is 0. The van der Waals surface area contributed by atoms with Crippen molar-refractivity contribution in [3.63, 3.8) is 0 Å². The molecule has 33 heavy (non-hydrogen) atoms. The van der Waals surface area contributed by atoms with Gasteiger partial charge in [-0.05, 0) is 23.6 Å². The van der Waals surface area contributed by atoms with Gasteiger partial charge < -0.3 is 20.6 Å². The number of fused-ring (bicyclic) bond motifs is 1. The third kappa shape index (κ3) is 5.27. The second-order valence-corrected chi connectivity index (χ2v) is 7.44. The first kappa shape index (κ1) is 21.8. The smallest absolute Gasteiger partial charge is 0.404 e. The van der Waals surface area contributed by atoms with Gasteiger partial charge in [-0.3, -0.25) is 4.79 Å². The summed E-state index contributed by atoms with van der Waals surface area (Å²) in [4.78, 5) is 38.0. The lowest BCUT2D eigenvalue weighted by atomic mass is 10.1. The van der Waals surface area contributed by atoms with E-state index in [2.05, 4.69) is 20.6 Å². The van der Waals surface area contributed by atoms with Gasteiger partial charge in [0.05, 0.1) is 16.8 Å². The molecule has 0 bridgehead atoms. The maximum Gasteiger partial charge on any atom is 0.404 e. The van der Waals surface area contributed by atoms with Gasteiger partial charge in [0, 0.05) is 19.2 Å². The topological polar surface area (TPSA) is 118 Å². The van der Waals surface area contributed by atoms with Crippen LogP contribution in [0.3, 0.4) is 0 Å². The first-order chi connectivity index (χ1) is 16.0. The number of nitrogens with one attached hydrogen (secondary N) is 2. The second kappa shape index (κ2) is 9.82. The average molecular weight is 445 g/mol. The van der Waals surface area contributed by atoms with Crippen LogP contribution in [0.4, 0.5) is 10.5 Å². The van der Waals surface area contributed by atoms with E-state index in [0.717, 1.165) is 16.7 Å². The Hall–Kier alpha value is -4.40. The zero-order valence-corrected chi connectivity index (χ0v) is 18.0. The molecule has 1 amide bonds. The van der Waals surface area contributed by atoms with Crippen molar-refractivity contribution in [2.75, 3.05) is 5.32 Å². The molecule has 2 heterocycles. The summed E-state index contributed by atoms with van der Waals surface area (Å²) in [6, 6.07) is 18.6. The molecule has 0 saturated heterocycles. The van der Waals surface area contributed by atoms with E-state index >= 15 is 0 Å². The minimum atomic E-state index is -1.07. The van der Waals surface area contributed by atoms with Crippen LogP contribution in [-0.4, -0.2) is 25.9 Å². The Morgan fingerprint density at radius 1 is 1.00 bits per heavy atom. The number of hydrogen-bond donors (Lipinski definition) is 3. The Balaban J connectivity index is 1.59. The summed E-state index contributed by atoms with van der Waals surface area (Å²) in [5, 5.41) is 15.1. The summed E-state index contributed by atoms with van der Waals surface area (Å²) < 4.78 is 1.19. The van der Waals surface area contributed by atoms with E-state index < -0.39 is 6.09 Å². The summed E-state index contributed by atoms with van der Waals surface area (Å²) in [7, 11) is 0. The molecule has 0 aliphatic heterocycles. The molecule has 0 unspecified atom stereocenters. The lowest BCUT2D eigenvalue weighted by Crippen LogP contribution is -2.28. The van der Waals surface area contributed by atoms with E-state index in [4.69, 9.17) is 9.94 Å². The molecule has 4 rings (SSSR count). The number of anilines is 1. The predicted octanol–water partition coefficient (Wildman–Crippen LogP) is 3.11. The number of carboxylic acid groups (broad SMARTS) is 1. The first-order valence-electron chi connectivity index (χ1n) is 10.3. The molecule has 0 aliphatic carbocycles. The van der Waals surface area contributed by atoms with Gasteiger partial charge in [-0.15, -0.1) is 4.73 Å². The Bertz CT molecular complexity index is 1340. The van der Waals surface area contributed by atoms with Gasteiger partial charge in [-0.25, -0.2) is 14.8 Å². The molecule has 0 atom stereocenters. The van der Waals surface area contributed by atoms with E-state index in [9.17, 15) is 9.59 Å². The third-order valence-electron chi connectivity index (χ3n) is 5.07. The summed E-state index contributed by atoms with van der Waals surface area (Å²) in [6.45, 7) is 2.72. The standard InChI is InChI=1S/C24H23N5O4/c1-16-22-20(25-12-18-8-5-9-19(10-18)13-26-24(31)32)11-21(30)29(23(22)28-15-27-16)33-14-17-6-3-2-4-7-17/h2-11,15,25-26H,12-14H2,1H3,(H,31,32). The van der Waals surface area contributed by atoms with Crippen LogP contribution in [0.5, 0.6) is 0 Å². The second-order valence-electron chi connectivity index (χ2n) is 7.44. The van der Waals surface area contributed by atoms with Crippen molar-refractivity contribution in [3.05, 3.63) is 99.7 Å².